The predicted octanol–water partition coefficient (Wildman–Crippen LogP) is 20.4. The van der Waals surface area contributed by atoms with Crippen molar-refractivity contribution in [1.82, 2.24) is 5.32 Å². The Morgan fingerprint density at radius 1 is 0.455 bits per heavy atom. The van der Waals surface area contributed by atoms with Gasteiger partial charge in [-0.2, -0.15) is 0 Å². The number of aliphatic hydroxyl groups is 1. The molecule has 0 radical (unpaired) electrons. The van der Waals surface area contributed by atoms with Crippen molar-refractivity contribution in [3.05, 3.63) is 85.1 Å². The van der Waals surface area contributed by atoms with Gasteiger partial charge in [0.1, 0.15) is 13.2 Å². The van der Waals surface area contributed by atoms with E-state index >= 15 is 0 Å². The van der Waals surface area contributed by atoms with Gasteiger partial charge in [-0.15, -0.1) is 0 Å². The van der Waals surface area contributed by atoms with E-state index in [1.807, 2.05) is 21.1 Å². The molecule has 0 saturated heterocycles. The zero-order valence-corrected chi connectivity index (χ0v) is 52.1. The van der Waals surface area contributed by atoms with E-state index in [1.165, 1.54) is 186 Å². The summed E-state index contributed by atoms with van der Waals surface area (Å²) in [6.45, 7) is 4.75. The fourth-order valence-electron chi connectivity index (χ4n) is 9.39. The number of phosphoric ester groups is 1. The van der Waals surface area contributed by atoms with Gasteiger partial charge in [0.05, 0.1) is 39.9 Å². The molecule has 0 aromatic heterocycles. The summed E-state index contributed by atoms with van der Waals surface area (Å²) >= 11 is 0. The van der Waals surface area contributed by atoms with Crippen molar-refractivity contribution in [3.63, 3.8) is 0 Å². The lowest BCUT2D eigenvalue weighted by Gasteiger charge is -2.26. The predicted molar refractivity (Wildman–Crippen MR) is 336 cm³/mol. The van der Waals surface area contributed by atoms with Crippen molar-refractivity contribution in [2.45, 2.75) is 302 Å². The first kappa shape index (κ1) is 74.7. The number of phosphoric acid groups is 1. The van der Waals surface area contributed by atoms with Crippen LogP contribution in [-0.2, 0) is 18.4 Å². The van der Waals surface area contributed by atoms with Crippen LogP contribution in [0, 0.1) is 0 Å². The SMILES string of the molecule is CC/C=C\C/C=C\C/C=C\C/C=C\C/C=C\C/C=C\C/C=C\CCCC(=O)NC(COP(=O)(O)OCC[N+](C)(C)C)C(O)CCCCCCCCCCCCCCCCCCCCCCCCCCCCCCCCCC. The molecule has 0 aliphatic heterocycles. The zero-order chi connectivity index (χ0) is 56.3. The number of aliphatic hydroxyl groups excluding tert-OH is 1. The Morgan fingerprint density at radius 3 is 1.09 bits per heavy atom. The molecule has 0 saturated carbocycles. The molecular weight excluding hydrogens is 972 g/mol. The molecule has 1 amide bonds. The van der Waals surface area contributed by atoms with Crippen LogP contribution in [0.25, 0.3) is 0 Å². The van der Waals surface area contributed by atoms with E-state index in [1.54, 1.807) is 0 Å². The second-order valence-electron chi connectivity index (χ2n) is 23.1. The molecule has 0 aromatic carbocycles. The number of quaternary nitrogens is 1. The average molecular weight is 1100 g/mol. The first-order valence-corrected chi connectivity index (χ1v) is 33.9. The van der Waals surface area contributed by atoms with E-state index in [4.69, 9.17) is 9.05 Å². The van der Waals surface area contributed by atoms with Crippen molar-refractivity contribution in [3.8, 4) is 0 Å². The van der Waals surface area contributed by atoms with Gasteiger partial charge in [-0.3, -0.25) is 13.8 Å². The minimum atomic E-state index is -4.35. The second kappa shape index (κ2) is 58.3. The zero-order valence-electron chi connectivity index (χ0n) is 51.2. The van der Waals surface area contributed by atoms with Crippen molar-refractivity contribution < 1.29 is 32.9 Å². The number of carbonyl (C=O) groups excluding carboxylic acids is 1. The molecule has 8 nitrogen and oxygen atoms in total. The van der Waals surface area contributed by atoms with E-state index in [-0.39, 0.29) is 19.1 Å². The van der Waals surface area contributed by atoms with Gasteiger partial charge in [0.2, 0.25) is 5.91 Å². The fourth-order valence-corrected chi connectivity index (χ4v) is 10.1. The molecule has 0 heterocycles. The summed E-state index contributed by atoms with van der Waals surface area (Å²) in [6.07, 6.45) is 82.6. The Labute approximate surface area is 477 Å². The normalized spacial score (nSPS) is 14.3. The Hall–Kier alpha value is -2.32. The first-order valence-electron chi connectivity index (χ1n) is 32.5. The molecule has 0 bridgehead atoms. The number of allylic oxidation sites excluding steroid dienone is 14. The fraction of sp³-hybridized carbons (Fsp3) is 0.779. The van der Waals surface area contributed by atoms with Crippen LogP contribution in [0.1, 0.15) is 290 Å². The highest BCUT2D eigenvalue weighted by atomic mass is 31.2. The molecule has 0 aromatic rings. The standard InChI is InChI=1S/C68H125N2O6P/c1-6-8-10-12-14-16-18-20-22-24-26-28-30-31-32-33-34-35-36-37-38-40-41-43-45-47-49-51-53-55-57-59-61-67(71)66(65-76-77(73,74)75-64-63-70(3,4)5)69-68(72)62-60-58-56-54-52-50-48-46-44-42-39-29-27-25-23-21-19-17-15-13-11-9-7-2/h9,11,15,17,21,23,27,29,42,44,48,50,54,56,66-67,71H,6-8,10,12-14,16,18-20,22,24-26,28,30-41,43,45-47,49,51-53,55,57-65H2,1-5H3,(H-,69,72,73,74)/p+1/b11-9-,17-15-,23-21-,29-27-,44-42-,50-48-,56-54-. The third-order valence-corrected chi connectivity index (χ3v) is 15.4. The Morgan fingerprint density at radius 2 is 0.766 bits per heavy atom. The molecule has 448 valence electrons. The molecule has 0 fully saturated rings. The maximum absolute atomic E-state index is 13.0. The third-order valence-electron chi connectivity index (χ3n) is 14.4. The summed E-state index contributed by atoms with van der Waals surface area (Å²) < 4.78 is 23.8. The topological polar surface area (TPSA) is 105 Å². The van der Waals surface area contributed by atoms with Gasteiger partial charge in [-0.1, -0.05) is 304 Å². The second-order valence-corrected chi connectivity index (χ2v) is 24.6. The van der Waals surface area contributed by atoms with Gasteiger partial charge in [-0.25, -0.2) is 4.57 Å². The van der Waals surface area contributed by atoms with E-state index < -0.39 is 20.0 Å². The summed E-state index contributed by atoms with van der Waals surface area (Å²) in [5.41, 5.74) is 0. The number of amides is 1. The number of nitrogens with zero attached hydrogens (tertiary/aromatic N) is 1. The van der Waals surface area contributed by atoms with Crippen LogP contribution in [0.3, 0.4) is 0 Å². The maximum atomic E-state index is 13.0. The van der Waals surface area contributed by atoms with E-state index in [0.717, 1.165) is 70.6 Å². The molecule has 3 atom stereocenters. The Bertz CT molecular complexity index is 1530. The number of carbonyl (C=O) groups is 1. The quantitative estimate of drug-likeness (QED) is 0.0243. The lowest BCUT2D eigenvalue weighted by Crippen LogP contribution is -2.46. The lowest BCUT2D eigenvalue weighted by molar-refractivity contribution is -0.870. The molecule has 0 aliphatic rings. The van der Waals surface area contributed by atoms with Crippen LogP contribution in [0.5, 0.6) is 0 Å². The van der Waals surface area contributed by atoms with Gasteiger partial charge in [0, 0.05) is 6.42 Å². The molecule has 9 heteroatoms. The molecule has 0 aliphatic carbocycles. The number of hydrogen-bond donors (Lipinski definition) is 3. The number of hydrogen-bond acceptors (Lipinski definition) is 5. The summed E-state index contributed by atoms with van der Waals surface area (Å²) in [7, 11) is 1.57. The summed E-state index contributed by atoms with van der Waals surface area (Å²) in [5.74, 6) is -0.201. The Kier molecular flexibility index (Phi) is 56.6. The molecule has 0 spiro atoms. The Balaban J connectivity index is 4.14. The van der Waals surface area contributed by atoms with Crippen molar-refractivity contribution in [2.24, 2.45) is 0 Å². The highest BCUT2D eigenvalue weighted by molar-refractivity contribution is 7.47. The molecule has 3 unspecified atom stereocenters. The first-order chi connectivity index (χ1) is 37.5. The summed E-state index contributed by atoms with van der Waals surface area (Å²) in [4.78, 5) is 23.4. The van der Waals surface area contributed by atoms with Crippen molar-refractivity contribution in [2.75, 3.05) is 40.9 Å². The molecule has 0 rings (SSSR count). The van der Waals surface area contributed by atoms with Crippen LogP contribution in [0.4, 0.5) is 0 Å². The van der Waals surface area contributed by atoms with E-state index in [2.05, 4.69) is 104 Å². The molecule has 77 heavy (non-hydrogen) atoms. The third kappa shape index (κ3) is 61.2. The highest BCUT2D eigenvalue weighted by Crippen LogP contribution is 2.43. The van der Waals surface area contributed by atoms with Crippen LogP contribution in [0.15, 0.2) is 85.1 Å². The van der Waals surface area contributed by atoms with Gasteiger partial charge in [0.25, 0.3) is 0 Å². The van der Waals surface area contributed by atoms with Crippen LogP contribution >= 0.6 is 7.82 Å². The van der Waals surface area contributed by atoms with Gasteiger partial charge < -0.3 is 19.8 Å². The van der Waals surface area contributed by atoms with Crippen LogP contribution in [-0.4, -0.2) is 73.4 Å². The van der Waals surface area contributed by atoms with E-state index in [0.29, 0.717) is 30.3 Å². The number of rotatable bonds is 59. The van der Waals surface area contributed by atoms with Crippen molar-refractivity contribution >= 4 is 13.7 Å². The monoisotopic (exact) mass is 1100 g/mol. The maximum Gasteiger partial charge on any atom is 0.472 e. The molecule has 3 N–H and O–H groups in total. The van der Waals surface area contributed by atoms with Gasteiger partial charge in [0.15, 0.2) is 0 Å². The highest BCUT2D eigenvalue weighted by Gasteiger charge is 2.28. The average Bonchev–Trinajstić information content (AvgIpc) is 3.39. The van der Waals surface area contributed by atoms with Gasteiger partial charge in [-0.05, 0) is 64.2 Å². The minimum Gasteiger partial charge on any atom is -0.391 e. The smallest absolute Gasteiger partial charge is 0.391 e. The number of nitrogens with one attached hydrogen (secondary N) is 1. The molecular formula is C68H126N2O6P+. The van der Waals surface area contributed by atoms with E-state index in [9.17, 15) is 19.4 Å². The van der Waals surface area contributed by atoms with Gasteiger partial charge >= 0.3 is 7.82 Å². The number of likely N-dealkylation sites (N-methyl/N-ethyl adjacent to an activating group) is 1. The number of unbranched alkanes of at least 4 members (excludes halogenated alkanes) is 32. The van der Waals surface area contributed by atoms with Crippen molar-refractivity contribution in [1.29, 1.82) is 0 Å². The largest absolute Gasteiger partial charge is 0.472 e. The summed E-state index contributed by atoms with van der Waals surface area (Å²) in [6, 6.07) is -0.799. The minimum absolute atomic E-state index is 0.0597. The lowest BCUT2D eigenvalue weighted by atomic mass is 10.0. The van der Waals surface area contributed by atoms with Crippen LogP contribution in [0.2, 0.25) is 0 Å². The summed E-state index contributed by atoms with van der Waals surface area (Å²) in [5, 5.41) is 14.1. The van der Waals surface area contributed by atoms with Crippen LogP contribution < -0.4 is 5.32 Å².